The van der Waals surface area contributed by atoms with Crippen molar-refractivity contribution in [3.8, 4) is 17.2 Å². The number of Topliss-reactive ketones (excluding diaryl/α,β-unsaturated/α-hetero) is 1. The largest absolute Gasteiger partial charge is 0.504 e. The van der Waals surface area contributed by atoms with Crippen molar-refractivity contribution in [1.29, 1.82) is 0 Å². The van der Waals surface area contributed by atoms with Gasteiger partial charge in [0.15, 0.2) is 23.9 Å². The van der Waals surface area contributed by atoms with Crippen LogP contribution in [0.25, 0.3) is 0 Å². The second-order valence-electron chi connectivity index (χ2n) is 4.59. The van der Waals surface area contributed by atoms with E-state index in [9.17, 15) is 30.0 Å². The average molecular weight is 332 g/mol. The summed E-state index contributed by atoms with van der Waals surface area (Å²) < 4.78 is 4.52. The molecule has 128 valence electrons. The highest BCUT2D eigenvalue weighted by Crippen LogP contribution is 2.35. The molecular formula is C13H16O10. The Morgan fingerprint density at radius 3 is 2.04 bits per heavy atom. The zero-order chi connectivity index (χ0) is 17.7. The number of aliphatic hydroxyl groups excluding tert-OH is 4. The summed E-state index contributed by atoms with van der Waals surface area (Å²) in [5.74, 6) is -4.72. The molecule has 0 amide bonds. The minimum absolute atomic E-state index is 0.379. The van der Waals surface area contributed by atoms with E-state index >= 15 is 0 Å². The molecule has 0 fully saturated rings. The average Bonchev–Trinajstić information content (AvgIpc) is 2.54. The molecule has 3 atom stereocenters. The van der Waals surface area contributed by atoms with Gasteiger partial charge in [0, 0.05) is 0 Å². The summed E-state index contributed by atoms with van der Waals surface area (Å²) in [5, 5.41) is 64.1. The Bertz CT molecular complexity index is 561. The lowest BCUT2D eigenvalue weighted by Gasteiger charge is -2.20. The van der Waals surface area contributed by atoms with Crippen LogP contribution in [0.1, 0.15) is 10.4 Å². The van der Waals surface area contributed by atoms with Gasteiger partial charge in [0.1, 0.15) is 18.3 Å². The van der Waals surface area contributed by atoms with Gasteiger partial charge in [0.2, 0.25) is 5.78 Å². The minimum Gasteiger partial charge on any atom is -0.504 e. The zero-order valence-corrected chi connectivity index (χ0v) is 11.7. The lowest BCUT2D eigenvalue weighted by Crippen LogP contribution is -2.45. The smallest absolute Gasteiger partial charge is 0.338 e. The van der Waals surface area contributed by atoms with Gasteiger partial charge in [-0.1, -0.05) is 0 Å². The van der Waals surface area contributed by atoms with E-state index in [-0.39, 0.29) is 5.56 Å². The third kappa shape index (κ3) is 4.53. The van der Waals surface area contributed by atoms with E-state index in [4.69, 9.17) is 15.3 Å². The number of hydrogen-bond donors (Lipinski definition) is 7. The first kappa shape index (κ1) is 18.6. The second-order valence-corrected chi connectivity index (χ2v) is 4.59. The topological polar surface area (TPSA) is 185 Å². The number of aromatic hydroxyl groups is 3. The molecule has 0 radical (unpaired) electrons. The highest BCUT2D eigenvalue weighted by atomic mass is 16.5. The summed E-state index contributed by atoms with van der Waals surface area (Å²) in [4.78, 5) is 23.1. The van der Waals surface area contributed by atoms with Crippen molar-refractivity contribution in [2.75, 3.05) is 13.2 Å². The van der Waals surface area contributed by atoms with Crippen LogP contribution in [0.4, 0.5) is 0 Å². The Balaban J connectivity index is 2.67. The molecule has 0 aliphatic carbocycles. The monoisotopic (exact) mass is 332 g/mol. The molecule has 0 saturated heterocycles. The molecule has 23 heavy (non-hydrogen) atoms. The maximum Gasteiger partial charge on any atom is 0.338 e. The van der Waals surface area contributed by atoms with Crippen LogP contribution in [0.2, 0.25) is 0 Å². The third-order valence-corrected chi connectivity index (χ3v) is 2.89. The molecule has 0 bridgehead atoms. The van der Waals surface area contributed by atoms with Crippen LogP contribution < -0.4 is 0 Å². The zero-order valence-electron chi connectivity index (χ0n) is 11.7. The molecule has 10 nitrogen and oxygen atoms in total. The number of ketones is 1. The Kier molecular flexibility index (Phi) is 6.28. The fourth-order valence-electron chi connectivity index (χ4n) is 1.54. The van der Waals surface area contributed by atoms with Crippen LogP contribution >= 0.6 is 0 Å². The van der Waals surface area contributed by atoms with Gasteiger partial charge in [-0.15, -0.1) is 0 Å². The molecule has 7 N–H and O–H groups in total. The van der Waals surface area contributed by atoms with Crippen LogP contribution in [-0.2, 0) is 9.53 Å². The van der Waals surface area contributed by atoms with Crippen LogP contribution in [0.15, 0.2) is 12.1 Å². The number of rotatable bonds is 7. The van der Waals surface area contributed by atoms with Gasteiger partial charge in [-0.05, 0) is 12.1 Å². The Morgan fingerprint density at radius 2 is 1.57 bits per heavy atom. The van der Waals surface area contributed by atoms with Crippen molar-refractivity contribution in [2.45, 2.75) is 18.3 Å². The minimum atomic E-state index is -2.09. The van der Waals surface area contributed by atoms with Gasteiger partial charge in [-0.3, -0.25) is 4.79 Å². The fourth-order valence-corrected chi connectivity index (χ4v) is 1.54. The molecule has 0 unspecified atom stereocenters. The van der Waals surface area contributed by atoms with Gasteiger partial charge in [0.25, 0.3) is 0 Å². The summed E-state index contributed by atoms with van der Waals surface area (Å²) in [6.07, 6.45) is -5.81. The third-order valence-electron chi connectivity index (χ3n) is 2.89. The van der Waals surface area contributed by atoms with Gasteiger partial charge < -0.3 is 40.5 Å². The molecule has 0 heterocycles. The van der Waals surface area contributed by atoms with Crippen LogP contribution in [0, 0.1) is 0 Å². The van der Waals surface area contributed by atoms with E-state index in [0.29, 0.717) is 0 Å². The molecule has 1 rings (SSSR count). The normalized spacial score (nSPS) is 14.8. The van der Waals surface area contributed by atoms with E-state index in [1.807, 2.05) is 0 Å². The van der Waals surface area contributed by atoms with Crippen molar-refractivity contribution >= 4 is 11.8 Å². The summed E-state index contributed by atoms with van der Waals surface area (Å²) in [6, 6.07) is 1.56. The maximum absolute atomic E-state index is 11.6. The summed E-state index contributed by atoms with van der Waals surface area (Å²) >= 11 is 0. The van der Waals surface area contributed by atoms with Gasteiger partial charge in [-0.25, -0.2) is 4.79 Å². The molecule has 1 aromatic carbocycles. The number of benzene rings is 1. The summed E-state index contributed by atoms with van der Waals surface area (Å²) in [5.41, 5.74) is -0.379. The highest BCUT2D eigenvalue weighted by Gasteiger charge is 2.30. The quantitative estimate of drug-likeness (QED) is 0.210. The van der Waals surface area contributed by atoms with E-state index in [0.717, 1.165) is 12.1 Å². The highest BCUT2D eigenvalue weighted by molar-refractivity contribution is 5.93. The van der Waals surface area contributed by atoms with Crippen molar-refractivity contribution in [3.63, 3.8) is 0 Å². The Hall–Kier alpha value is -2.40. The van der Waals surface area contributed by atoms with Crippen molar-refractivity contribution in [2.24, 2.45) is 0 Å². The SMILES string of the molecule is O=C(OCC(=O)[C@@H](O)[C@H](O)[C@H](O)CO)c1cc(O)c(O)c(O)c1. The van der Waals surface area contributed by atoms with Crippen LogP contribution in [-0.4, -0.2) is 79.0 Å². The number of phenolic OH excluding ortho intramolecular Hbond substituents is 3. The number of esters is 1. The van der Waals surface area contributed by atoms with Gasteiger partial charge in [0.05, 0.1) is 12.2 Å². The first-order chi connectivity index (χ1) is 10.7. The number of phenols is 3. The number of hydrogen-bond acceptors (Lipinski definition) is 10. The van der Waals surface area contributed by atoms with E-state index in [2.05, 4.69) is 4.74 Å². The molecule has 0 aliphatic rings. The predicted octanol–water partition coefficient (Wildman–Crippen LogP) is -2.40. The van der Waals surface area contributed by atoms with Crippen LogP contribution in [0.5, 0.6) is 17.2 Å². The molecular weight excluding hydrogens is 316 g/mol. The first-order valence-corrected chi connectivity index (χ1v) is 6.28. The summed E-state index contributed by atoms with van der Waals surface area (Å²) in [7, 11) is 0. The van der Waals surface area contributed by atoms with Gasteiger partial charge in [-0.2, -0.15) is 0 Å². The molecule has 10 heteroatoms. The van der Waals surface area contributed by atoms with Crippen LogP contribution in [0.3, 0.4) is 0 Å². The number of carbonyl (C=O) groups excluding carboxylic acids is 2. The Labute approximate surface area is 129 Å². The standard InChI is InChI=1S/C13H16O10/c14-3-8(17)11(20)12(21)9(18)4-23-13(22)5-1-6(15)10(19)7(16)2-5/h1-2,8,11-12,14-17,19-21H,3-4H2/t8-,11-,12-/m1/s1. The number of aliphatic hydroxyl groups is 4. The molecule has 0 saturated carbocycles. The lowest BCUT2D eigenvalue weighted by atomic mass is 10.1. The van der Waals surface area contributed by atoms with Crippen molar-refractivity contribution < 1.29 is 50.1 Å². The van der Waals surface area contributed by atoms with Crippen molar-refractivity contribution in [1.82, 2.24) is 0 Å². The fraction of sp³-hybridized carbons (Fsp3) is 0.385. The number of carbonyl (C=O) groups is 2. The molecule has 0 aromatic heterocycles. The van der Waals surface area contributed by atoms with E-state index in [1.54, 1.807) is 0 Å². The lowest BCUT2D eigenvalue weighted by molar-refractivity contribution is -0.143. The van der Waals surface area contributed by atoms with E-state index in [1.165, 1.54) is 0 Å². The predicted molar refractivity (Wildman–Crippen MR) is 71.8 cm³/mol. The van der Waals surface area contributed by atoms with E-state index < -0.39 is 60.5 Å². The molecule has 0 spiro atoms. The number of ether oxygens (including phenoxy) is 1. The summed E-state index contributed by atoms with van der Waals surface area (Å²) in [6.45, 7) is -1.87. The second kappa shape index (κ2) is 7.74. The van der Waals surface area contributed by atoms with Gasteiger partial charge >= 0.3 is 5.97 Å². The Morgan fingerprint density at radius 1 is 1.04 bits per heavy atom. The molecule has 1 aromatic rings. The first-order valence-electron chi connectivity index (χ1n) is 6.28. The van der Waals surface area contributed by atoms with Crippen molar-refractivity contribution in [3.05, 3.63) is 17.7 Å². The maximum atomic E-state index is 11.6. The molecule has 0 aliphatic heterocycles.